The van der Waals surface area contributed by atoms with Crippen molar-refractivity contribution in [3.8, 4) is 0 Å². The van der Waals surface area contributed by atoms with Gasteiger partial charge < -0.3 is 4.42 Å². The van der Waals surface area contributed by atoms with Crippen LogP contribution in [0.15, 0.2) is 28.7 Å². The summed E-state index contributed by atoms with van der Waals surface area (Å²) in [4.78, 5) is 0. The third-order valence-corrected chi connectivity index (χ3v) is 3.90. The summed E-state index contributed by atoms with van der Waals surface area (Å²) in [5.74, 6) is 1.04. The fraction of sp³-hybridized carbons (Fsp3) is 0.467. The highest BCUT2D eigenvalue weighted by Gasteiger charge is 2.19. The first-order valence-corrected chi connectivity index (χ1v) is 7.12. The van der Waals surface area contributed by atoms with Crippen molar-refractivity contribution in [1.29, 1.82) is 0 Å². The zero-order valence-corrected chi connectivity index (χ0v) is 12.5. The van der Waals surface area contributed by atoms with E-state index in [-0.39, 0.29) is 10.8 Å². The normalized spacial score (nSPS) is 14.1. The number of benzene rings is 1. The van der Waals surface area contributed by atoms with E-state index in [0.29, 0.717) is 0 Å². The van der Waals surface area contributed by atoms with E-state index >= 15 is 0 Å². The van der Waals surface area contributed by atoms with Crippen molar-refractivity contribution in [2.24, 2.45) is 0 Å². The monoisotopic (exact) mass is 263 g/mol. The van der Waals surface area contributed by atoms with Crippen LogP contribution in [0.2, 0.25) is 0 Å². The molecule has 3 heteroatoms. The smallest absolute Gasteiger partial charge is 0.134 e. The number of rotatable bonds is 3. The Bertz CT molecular complexity index is 539. The molecule has 0 radical (unpaired) electrons. The molecule has 1 atom stereocenters. The highest BCUT2D eigenvalue weighted by molar-refractivity contribution is 7.98. The topological polar surface area (TPSA) is 25.2 Å². The van der Waals surface area contributed by atoms with Gasteiger partial charge in [0, 0.05) is 15.7 Å². The predicted octanol–water partition coefficient (Wildman–Crippen LogP) is 4.84. The van der Waals surface area contributed by atoms with Crippen LogP contribution in [0, 0.1) is 6.92 Å². The highest BCUT2D eigenvalue weighted by Crippen LogP contribution is 2.31. The summed E-state index contributed by atoms with van der Waals surface area (Å²) in [6.45, 7) is 10.9. The Labute approximate surface area is 113 Å². The predicted molar refractivity (Wildman–Crippen MR) is 79.8 cm³/mol. The SMILES string of the molecule is Cc1c([C@@H](C)NSC(C)(C)C)oc2ccccc12. The van der Waals surface area contributed by atoms with Crippen LogP contribution in [-0.4, -0.2) is 4.75 Å². The van der Waals surface area contributed by atoms with Gasteiger partial charge in [-0.05, 0) is 40.7 Å². The fourth-order valence-electron chi connectivity index (χ4n) is 1.93. The van der Waals surface area contributed by atoms with Crippen molar-refractivity contribution in [2.75, 3.05) is 0 Å². The summed E-state index contributed by atoms with van der Waals surface area (Å²) in [6.07, 6.45) is 0. The van der Waals surface area contributed by atoms with Gasteiger partial charge in [-0.1, -0.05) is 30.1 Å². The molecule has 0 unspecified atom stereocenters. The van der Waals surface area contributed by atoms with E-state index in [1.165, 1.54) is 10.9 Å². The third kappa shape index (κ3) is 2.90. The molecule has 2 nitrogen and oxygen atoms in total. The number of hydrogen-bond acceptors (Lipinski definition) is 3. The van der Waals surface area contributed by atoms with Gasteiger partial charge in [0.1, 0.15) is 11.3 Å². The Morgan fingerprint density at radius 1 is 1.22 bits per heavy atom. The van der Waals surface area contributed by atoms with Crippen LogP contribution >= 0.6 is 11.9 Å². The van der Waals surface area contributed by atoms with Gasteiger partial charge in [-0.2, -0.15) is 0 Å². The second-order valence-corrected chi connectivity index (χ2v) is 7.31. The average molecular weight is 263 g/mol. The van der Waals surface area contributed by atoms with Crippen molar-refractivity contribution in [3.05, 3.63) is 35.6 Å². The number of aryl methyl sites for hydroxylation is 1. The average Bonchev–Trinajstić information content (AvgIpc) is 2.64. The lowest BCUT2D eigenvalue weighted by atomic mass is 10.1. The lowest BCUT2D eigenvalue weighted by Crippen LogP contribution is -2.19. The van der Waals surface area contributed by atoms with Crippen molar-refractivity contribution in [1.82, 2.24) is 4.72 Å². The van der Waals surface area contributed by atoms with Gasteiger partial charge in [-0.3, -0.25) is 4.72 Å². The summed E-state index contributed by atoms with van der Waals surface area (Å²) in [7, 11) is 0. The number of para-hydroxylation sites is 1. The van der Waals surface area contributed by atoms with Crippen LogP contribution in [-0.2, 0) is 0 Å². The zero-order chi connectivity index (χ0) is 13.3. The minimum Gasteiger partial charge on any atom is -0.459 e. The van der Waals surface area contributed by atoms with E-state index < -0.39 is 0 Å². The standard InChI is InChI=1S/C15H21NOS/c1-10-12-8-6-7-9-13(12)17-14(10)11(2)16-18-15(3,4)5/h6-9,11,16H,1-5H3/t11-/m1/s1. The molecule has 0 aliphatic heterocycles. The van der Waals surface area contributed by atoms with Crippen molar-refractivity contribution < 1.29 is 4.42 Å². The number of fused-ring (bicyclic) bond motifs is 1. The molecule has 98 valence electrons. The van der Waals surface area contributed by atoms with E-state index in [9.17, 15) is 0 Å². The maximum atomic E-state index is 5.95. The molecule has 0 saturated heterocycles. The third-order valence-electron chi connectivity index (χ3n) is 2.82. The van der Waals surface area contributed by atoms with Gasteiger partial charge in [0.25, 0.3) is 0 Å². The number of furan rings is 1. The molecule has 0 saturated carbocycles. The van der Waals surface area contributed by atoms with Gasteiger partial charge in [-0.25, -0.2) is 0 Å². The Morgan fingerprint density at radius 2 is 1.89 bits per heavy atom. The van der Waals surface area contributed by atoms with Gasteiger partial charge in [0.15, 0.2) is 0 Å². The van der Waals surface area contributed by atoms with Crippen molar-refractivity contribution in [2.45, 2.75) is 45.4 Å². The fourth-order valence-corrected chi connectivity index (χ4v) is 2.56. The van der Waals surface area contributed by atoms with Crippen LogP contribution in [0.1, 0.15) is 45.1 Å². The van der Waals surface area contributed by atoms with E-state index in [4.69, 9.17) is 4.42 Å². The van der Waals surface area contributed by atoms with Crippen molar-refractivity contribution in [3.63, 3.8) is 0 Å². The molecule has 1 aromatic heterocycles. The largest absolute Gasteiger partial charge is 0.459 e. The summed E-state index contributed by atoms with van der Waals surface area (Å²) in [5.41, 5.74) is 2.21. The molecule has 0 aliphatic carbocycles. The number of nitrogens with one attached hydrogen (secondary N) is 1. The zero-order valence-electron chi connectivity index (χ0n) is 11.7. The van der Waals surface area contributed by atoms with E-state index in [2.05, 4.69) is 51.5 Å². The van der Waals surface area contributed by atoms with Gasteiger partial charge in [0.2, 0.25) is 0 Å². The Kier molecular flexibility index (Phi) is 3.74. The van der Waals surface area contributed by atoms with E-state index in [0.717, 1.165) is 11.3 Å². The maximum Gasteiger partial charge on any atom is 0.134 e. The molecule has 1 heterocycles. The first-order valence-electron chi connectivity index (χ1n) is 6.30. The second kappa shape index (κ2) is 4.98. The van der Waals surface area contributed by atoms with Gasteiger partial charge >= 0.3 is 0 Å². The molecule has 18 heavy (non-hydrogen) atoms. The summed E-state index contributed by atoms with van der Waals surface area (Å²) >= 11 is 1.75. The molecular weight excluding hydrogens is 242 g/mol. The summed E-state index contributed by atoms with van der Waals surface area (Å²) < 4.78 is 9.62. The maximum absolute atomic E-state index is 5.95. The molecule has 0 aliphatic rings. The minimum absolute atomic E-state index is 0.203. The lowest BCUT2D eigenvalue weighted by molar-refractivity contribution is 0.495. The van der Waals surface area contributed by atoms with Crippen LogP contribution in [0.5, 0.6) is 0 Å². The van der Waals surface area contributed by atoms with Crippen molar-refractivity contribution >= 4 is 22.9 Å². The Balaban J connectivity index is 2.23. The molecule has 0 fully saturated rings. The molecule has 2 aromatic rings. The van der Waals surface area contributed by atoms with E-state index in [1.54, 1.807) is 11.9 Å². The first kappa shape index (κ1) is 13.5. The van der Waals surface area contributed by atoms with Crippen LogP contribution in [0.4, 0.5) is 0 Å². The van der Waals surface area contributed by atoms with Gasteiger partial charge in [-0.15, -0.1) is 0 Å². The highest BCUT2D eigenvalue weighted by atomic mass is 32.2. The molecule has 0 spiro atoms. The molecule has 1 N–H and O–H groups in total. The number of hydrogen-bond donors (Lipinski definition) is 1. The summed E-state index contributed by atoms with van der Waals surface area (Å²) in [5, 5.41) is 1.21. The molecule has 0 amide bonds. The van der Waals surface area contributed by atoms with Gasteiger partial charge in [0.05, 0.1) is 6.04 Å². The molecule has 0 bridgehead atoms. The quantitative estimate of drug-likeness (QED) is 0.802. The van der Waals surface area contributed by atoms with Crippen LogP contribution in [0.25, 0.3) is 11.0 Å². The first-order chi connectivity index (χ1) is 8.38. The van der Waals surface area contributed by atoms with E-state index in [1.807, 2.05) is 12.1 Å². The Hall–Kier alpha value is -0.930. The molecule has 1 aromatic carbocycles. The minimum atomic E-state index is 0.203. The van der Waals surface area contributed by atoms with Crippen LogP contribution < -0.4 is 4.72 Å². The molecular formula is C15H21NOS. The van der Waals surface area contributed by atoms with Crippen LogP contribution in [0.3, 0.4) is 0 Å². The Morgan fingerprint density at radius 3 is 2.50 bits per heavy atom. The summed E-state index contributed by atoms with van der Waals surface area (Å²) in [6, 6.07) is 8.41. The lowest BCUT2D eigenvalue weighted by Gasteiger charge is -2.21. The molecule has 2 rings (SSSR count). The second-order valence-electron chi connectivity index (χ2n) is 5.64.